The number of hydrogen-bond acceptors (Lipinski definition) is 2. The van der Waals surface area contributed by atoms with E-state index < -0.39 is 0 Å². The van der Waals surface area contributed by atoms with Crippen molar-refractivity contribution < 1.29 is 4.40 Å². The number of aromatic nitrogens is 2. The summed E-state index contributed by atoms with van der Waals surface area (Å²) in [7, 11) is 0. The molecule has 0 atom stereocenters. The van der Waals surface area contributed by atoms with Gasteiger partial charge in [-0.15, -0.1) is 4.40 Å². The minimum absolute atomic E-state index is 1.06. The van der Waals surface area contributed by atoms with Crippen LogP contribution in [-0.2, 0) is 0 Å². The average molecular weight is 287 g/mol. The van der Waals surface area contributed by atoms with E-state index in [4.69, 9.17) is 4.98 Å². The van der Waals surface area contributed by atoms with Crippen molar-refractivity contribution in [3.8, 4) is 0 Å². The molecule has 98 valence electrons. The van der Waals surface area contributed by atoms with Crippen LogP contribution in [-0.4, -0.2) is 4.98 Å². The minimum Gasteiger partial charge on any atom is -0.241 e. The number of thiazole rings is 1. The summed E-state index contributed by atoms with van der Waals surface area (Å²) >= 11 is 1.78. The van der Waals surface area contributed by atoms with Gasteiger partial charge in [0.25, 0.3) is 4.83 Å². The van der Waals surface area contributed by atoms with Crippen LogP contribution in [0.1, 0.15) is 0 Å². The highest BCUT2D eigenvalue weighted by Crippen LogP contribution is 2.26. The highest BCUT2D eigenvalue weighted by atomic mass is 32.1. The van der Waals surface area contributed by atoms with E-state index in [2.05, 4.69) is 65.1 Å². The fraction of sp³-hybridized carbons (Fsp3) is 0. The van der Waals surface area contributed by atoms with E-state index in [1.807, 2.05) is 6.20 Å². The Bertz CT molecular complexity index is 1140. The van der Waals surface area contributed by atoms with Crippen LogP contribution in [0.4, 0.5) is 0 Å². The zero-order valence-electron chi connectivity index (χ0n) is 11.2. The average Bonchev–Trinajstić information content (AvgIpc) is 2.93. The Balaban J connectivity index is 2.11. The fourth-order valence-electron chi connectivity index (χ4n) is 3.02. The quantitative estimate of drug-likeness (QED) is 0.306. The standard InChI is InChI=1S/C18H11N2S/c1-2-6-13-12(5-1)9-10-15-18(13)19-11-17-20(15)14-7-3-4-8-16(14)21-17/h1-11H/q+1. The molecule has 0 bridgehead atoms. The van der Waals surface area contributed by atoms with Crippen molar-refractivity contribution in [2.24, 2.45) is 0 Å². The molecule has 2 heterocycles. The molecule has 5 rings (SSSR count). The van der Waals surface area contributed by atoms with Crippen LogP contribution in [0.5, 0.6) is 0 Å². The van der Waals surface area contributed by atoms with E-state index in [9.17, 15) is 0 Å². The first-order valence-corrected chi connectivity index (χ1v) is 7.73. The summed E-state index contributed by atoms with van der Waals surface area (Å²) in [6, 6.07) is 21.3. The third-order valence-electron chi connectivity index (χ3n) is 3.97. The first-order chi connectivity index (χ1) is 10.4. The normalized spacial score (nSPS) is 11.8. The van der Waals surface area contributed by atoms with Crippen molar-refractivity contribution in [1.29, 1.82) is 0 Å². The second-order valence-corrected chi connectivity index (χ2v) is 6.22. The molecule has 2 nitrogen and oxygen atoms in total. The molecule has 3 heteroatoms. The lowest BCUT2D eigenvalue weighted by molar-refractivity contribution is -0.446. The van der Waals surface area contributed by atoms with Crippen molar-refractivity contribution in [1.82, 2.24) is 4.98 Å². The highest BCUT2D eigenvalue weighted by molar-refractivity contribution is 7.23. The predicted octanol–water partition coefficient (Wildman–Crippen LogP) is 4.34. The number of benzene rings is 3. The molecule has 2 aromatic heterocycles. The monoisotopic (exact) mass is 287 g/mol. The molecular formula is C18H11N2S+. The van der Waals surface area contributed by atoms with Gasteiger partial charge in [0.1, 0.15) is 16.4 Å². The van der Waals surface area contributed by atoms with Gasteiger partial charge in [0, 0.05) is 17.5 Å². The van der Waals surface area contributed by atoms with Gasteiger partial charge in [0.2, 0.25) is 11.0 Å². The molecule has 0 aliphatic carbocycles. The van der Waals surface area contributed by atoms with Crippen LogP contribution in [0, 0.1) is 0 Å². The van der Waals surface area contributed by atoms with Crippen LogP contribution in [0.25, 0.3) is 36.9 Å². The minimum atomic E-state index is 1.06. The van der Waals surface area contributed by atoms with Gasteiger partial charge in [-0.3, -0.25) is 0 Å². The number of para-hydroxylation sites is 1. The van der Waals surface area contributed by atoms with Gasteiger partial charge in [-0.2, -0.15) is 0 Å². The smallest absolute Gasteiger partial charge is 0.241 e. The summed E-state index contributed by atoms with van der Waals surface area (Å²) in [5.74, 6) is 0. The number of hydrogen-bond donors (Lipinski definition) is 0. The zero-order valence-corrected chi connectivity index (χ0v) is 12.0. The molecule has 0 radical (unpaired) electrons. The Kier molecular flexibility index (Phi) is 2.12. The first kappa shape index (κ1) is 11.2. The van der Waals surface area contributed by atoms with E-state index >= 15 is 0 Å². The summed E-state index contributed by atoms with van der Waals surface area (Å²) in [6.45, 7) is 0. The maximum absolute atomic E-state index is 4.72. The Morgan fingerprint density at radius 1 is 0.810 bits per heavy atom. The van der Waals surface area contributed by atoms with Gasteiger partial charge < -0.3 is 0 Å². The third-order valence-corrected chi connectivity index (χ3v) is 5.03. The van der Waals surface area contributed by atoms with Gasteiger partial charge in [-0.05, 0) is 17.5 Å². The van der Waals surface area contributed by atoms with Crippen molar-refractivity contribution in [2.45, 2.75) is 0 Å². The van der Waals surface area contributed by atoms with Crippen molar-refractivity contribution in [3.05, 3.63) is 66.9 Å². The van der Waals surface area contributed by atoms with E-state index in [0.717, 1.165) is 5.52 Å². The Labute approximate surface area is 124 Å². The summed E-state index contributed by atoms with van der Waals surface area (Å²) in [5, 5.41) is 2.44. The maximum atomic E-state index is 4.72. The highest BCUT2D eigenvalue weighted by Gasteiger charge is 2.18. The lowest BCUT2D eigenvalue weighted by atomic mass is 10.1. The molecular weight excluding hydrogens is 276 g/mol. The number of nitrogens with zero attached hydrogens (tertiary/aromatic N) is 2. The molecule has 0 saturated carbocycles. The van der Waals surface area contributed by atoms with E-state index in [-0.39, 0.29) is 0 Å². The Hall–Kier alpha value is -2.52. The van der Waals surface area contributed by atoms with Crippen molar-refractivity contribution >= 4 is 48.2 Å². The van der Waals surface area contributed by atoms with Gasteiger partial charge >= 0.3 is 0 Å². The van der Waals surface area contributed by atoms with Gasteiger partial charge in [0.05, 0.1) is 0 Å². The van der Waals surface area contributed by atoms with Crippen LogP contribution in [0.3, 0.4) is 0 Å². The van der Waals surface area contributed by atoms with Crippen LogP contribution < -0.4 is 4.40 Å². The molecule has 0 saturated heterocycles. The molecule has 0 aliphatic rings. The number of rotatable bonds is 0. The maximum Gasteiger partial charge on any atom is 0.287 e. The fourth-order valence-corrected chi connectivity index (χ4v) is 4.05. The number of fused-ring (bicyclic) bond motifs is 7. The third kappa shape index (κ3) is 1.46. The molecule has 0 aliphatic heterocycles. The topological polar surface area (TPSA) is 17.0 Å². The molecule has 0 N–H and O–H groups in total. The molecule has 0 fully saturated rings. The molecule has 21 heavy (non-hydrogen) atoms. The van der Waals surface area contributed by atoms with Crippen LogP contribution in [0.15, 0.2) is 66.9 Å². The molecule has 0 amide bonds. The van der Waals surface area contributed by atoms with Crippen molar-refractivity contribution in [2.75, 3.05) is 0 Å². The Morgan fingerprint density at radius 3 is 2.67 bits per heavy atom. The van der Waals surface area contributed by atoms with E-state index in [1.54, 1.807) is 11.3 Å². The summed E-state index contributed by atoms with van der Waals surface area (Å²) in [6.07, 6.45) is 1.99. The van der Waals surface area contributed by atoms with E-state index in [0.29, 0.717) is 0 Å². The lowest BCUT2D eigenvalue weighted by Crippen LogP contribution is -2.21. The second kappa shape index (κ2) is 3.99. The van der Waals surface area contributed by atoms with Gasteiger partial charge in [0.15, 0.2) is 0 Å². The first-order valence-electron chi connectivity index (χ1n) is 6.91. The largest absolute Gasteiger partial charge is 0.287 e. The SMILES string of the molecule is c1ccc2c(c1)ccc1c2ncc2sc3ccccc3[n+]21. The van der Waals surface area contributed by atoms with E-state index in [1.165, 1.54) is 31.3 Å². The molecule has 0 spiro atoms. The summed E-state index contributed by atoms with van der Waals surface area (Å²) < 4.78 is 3.61. The van der Waals surface area contributed by atoms with Crippen LogP contribution >= 0.6 is 11.3 Å². The predicted molar refractivity (Wildman–Crippen MR) is 87.8 cm³/mol. The Morgan fingerprint density at radius 2 is 1.67 bits per heavy atom. The molecule has 3 aromatic carbocycles. The summed E-state index contributed by atoms with van der Waals surface area (Å²) in [5.41, 5.74) is 3.48. The zero-order chi connectivity index (χ0) is 13.8. The molecule has 0 unspecified atom stereocenters. The summed E-state index contributed by atoms with van der Waals surface area (Å²) in [4.78, 5) is 5.90. The lowest BCUT2D eigenvalue weighted by Gasteiger charge is -1.99. The van der Waals surface area contributed by atoms with Gasteiger partial charge in [-0.1, -0.05) is 47.7 Å². The van der Waals surface area contributed by atoms with Crippen LogP contribution in [0.2, 0.25) is 0 Å². The van der Waals surface area contributed by atoms with Gasteiger partial charge in [-0.25, -0.2) is 4.98 Å². The van der Waals surface area contributed by atoms with Crippen molar-refractivity contribution in [3.63, 3.8) is 0 Å². The molecule has 5 aromatic rings. The second-order valence-electron chi connectivity index (χ2n) is 5.16.